The highest BCUT2D eigenvalue weighted by Crippen LogP contribution is 2.22. The number of fused-ring (bicyclic) bond motifs is 1. The first-order valence-corrected chi connectivity index (χ1v) is 10.6. The molecule has 0 aliphatic heterocycles. The van der Waals surface area contributed by atoms with Gasteiger partial charge in [-0.1, -0.05) is 0 Å². The van der Waals surface area contributed by atoms with Crippen LogP contribution in [0.1, 0.15) is 27.7 Å². The highest BCUT2D eigenvalue weighted by molar-refractivity contribution is 5.84. The van der Waals surface area contributed by atoms with Crippen LogP contribution in [0.3, 0.4) is 0 Å². The number of benzene rings is 1. The molecule has 0 spiro atoms. The molecule has 0 unspecified atom stereocenters. The maximum Gasteiger partial charge on any atom is 0.207 e. The highest BCUT2D eigenvalue weighted by Gasteiger charge is 2.14. The van der Waals surface area contributed by atoms with Gasteiger partial charge in [-0.2, -0.15) is 4.98 Å². The van der Waals surface area contributed by atoms with Gasteiger partial charge in [-0.25, -0.2) is 15.0 Å². The Kier molecular flexibility index (Phi) is 6.13. The molecule has 4 rings (SSSR count). The Morgan fingerprint density at radius 3 is 2.52 bits per heavy atom. The number of imidazole rings is 2. The molecule has 0 radical (unpaired) electrons. The van der Waals surface area contributed by atoms with Crippen LogP contribution in [0.5, 0.6) is 0 Å². The van der Waals surface area contributed by atoms with Gasteiger partial charge in [0.2, 0.25) is 5.95 Å². The van der Waals surface area contributed by atoms with Gasteiger partial charge in [0.15, 0.2) is 11.5 Å². The first-order chi connectivity index (χ1) is 15.0. The van der Waals surface area contributed by atoms with Crippen molar-refractivity contribution in [3.63, 3.8) is 0 Å². The lowest BCUT2D eigenvalue weighted by Gasteiger charge is -2.30. The lowest BCUT2D eigenvalue weighted by Crippen LogP contribution is -2.40. The summed E-state index contributed by atoms with van der Waals surface area (Å²) >= 11 is 0. The highest BCUT2D eigenvalue weighted by atomic mass is 15.2. The fraction of sp³-hybridized carbons (Fsp3) is 0.364. The van der Waals surface area contributed by atoms with Gasteiger partial charge in [0.05, 0.1) is 6.33 Å². The van der Waals surface area contributed by atoms with Crippen molar-refractivity contribution in [3.8, 4) is 5.69 Å². The molecule has 0 saturated heterocycles. The fourth-order valence-corrected chi connectivity index (χ4v) is 3.70. The lowest BCUT2D eigenvalue weighted by molar-refractivity contribution is 0.182. The fourth-order valence-electron chi connectivity index (χ4n) is 3.70. The second-order valence-corrected chi connectivity index (χ2v) is 8.00. The van der Waals surface area contributed by atoms with E-state index >= 15 is 0 Å². The molecule has 0 fully saturated rings. The molecular formula is C22H29N9. The van der Waals surface area contributed by atoms with Gasteiger partial charge in [0, 0.05) is 48.9 Å². The van der Waals surface area contributed by atoms with E-state index in [1.807, 2.05) is 35.0 Å². The van der Waals surface area contributed by atoms with E-state index in [-0.39, 0.29) is 0 Å². The zero-order chi connectivity index (χ0) is 21.8. The van der Waals surface area contributed by atoms with E-state index < -0.39 is 0 Å². The Balaban J connectivity index is 1.45. The number of aromatic nitrogens is 6. The summed E-state index contributed by atoms with van der Waals surface area (Å²) in [5.41, 5.74) is 3.39. The number of H-pyrrole nitrogens is 1. The molecule has 3 heterocycles. The van der Waals surface area contributed by atoms with E-state index in [1.165, 1.54) is 6.33 Å². The minimum atomic E-state index is 0.496. The lowest BCUT2D eigenvalue weighted by atomic mass is 10.2. The summed E-state index contributed by atoms with van der Waals surface area (Å²) in [6.45, 7) is 10.6. The van der Waals surface area contributed by atoms with Crippen LogP contribution in [0, 0.1) is 0 Å². The number of anilines is 3. The molecule has 0 aliphatic carbocycles. The molecule has 31 heavy (non-hydrogen) atoms. The van der Waals surface area contributed by atoms with Crippen molar-refractivity contribution in [1.29, 1.82) is 0 Å². The van der Waals surface area contributed by atoms with Crippen LogP contribution in [0.25, 0.3) is 16.9 Å². The van der Waals surface area contributed by atoms with Crippen LogP contribution in [0.2, 0.25) is 0 Å². The largest absolute Gasteiger partial charge is 0.367 e. The van der Waals surface area contributed by atoms with Crippen LogP contribution in [0.15, 0.2) is 49.3 Å². The molecule has 4 aromatic rings. The number of nitrogens with zero attached hydrogens (tertiary/aromatic N) is 6. The van der Waals surface area contributed by atoms with Gasteiger partial charge in [0.25, 0.3) is 0 Å². The normalized spacial score (nSPS) is 11.7. The van der Waals surface area contributed by atoms with Crippen LogP contribution in [0.4, 0.5) is 17.5 Å². The molecule has 9 nitrogen and oxygen atoms in total. The van der Waals surface area contributed by atoms with Crippen LogP contribution >= 0.6 is 0 Å². The molecule has 0 aliphatic rings. The van der Waals surface area contributed by atoms with Crippen LogP contribution < -0.4 is 10.6 Å². The van der Waals surface area contributed by atoms with Gasteiger partial charge in [-0.3, -0.25) is 4.90 Å². The first kappa shape index (κ1) is 20.8. The Bertz CT molecular complexity index is 1090. The smallest absolute Gasteiger partial charge is 0.207 e. The summed E-state index contributed by atoms with van der Waals surface area (Å²) in [7, 11) is 0. The van der Waals surface area contributed by atoms with E-state index in [9.17, 15) is 0 Å². The topological polar surface area (TPSA) is 99.6 Å². The number of nitrogens with one attached hydrogen (secondary N) is 3. The second kappa shape index (κ2) is 9.13. The third-order valence-electron chi connectivity index (χ3n) is 5.21. The monoisotopic (exact) mass is 419 g/mol. The molecule has 3 N–H and O–H groups in total. The van der Waals surface area contributed by atoms with E-state index in [2.05, 4.69) is 68.1 Å². The molecule has 0 saturated carbocycles. The van der Waals surface area contributed by atoms with E-state index in [0.717, 1.165) is 35.8 Å². The minimum absolute atomic E-state index is 0.496. The number of hydrogen-bond acceptors (Lipinski definition) is 7. The van der Waals surface area contributed by atoms with Gasteiger partial charge in [0.1, 0.15) is 11.8 Å². The Morgan fingerprint density at radius 2 is 1.84 bits per heavy atom. The van der Waals surface area contributed by atoms with E-state index in [1.54, 1.807) is 12.5 Å². The zero-order valence-corrected chi connectivity index (χ0v) is 18.4. The average Bonchev–Trinajstić information content (AvgIpc) is 3.41. The SMILES string of the molecule is CC(C)N(CCNc1ncnc2nc(Nc3ccc(-n4ccnc4)cc3)[nH]c12)C(C)C. The molecule has 0 bridgehead atoms. The standard InChI is InChI=1S/C22H29N9/c1-15(2)31(16(3)4)12-10-24-20-19-21(26-13-25-20)29-22(28-19)27-17-5-7-18(8-6-17)30-11-9-23-14-30/h5-9,11,13-16H,10,12H2,1-4H3,(H3,24,25,26,27,28,29). The maximum atomic E-state index is 4.56. The Morgan fingerprint density at radius 1 is 1.06 bits per heavy atom. The van der Waals surface area contributed by atoms with Gasteiger partial charge >= 0.3 is 0 Å². The predicted octanol–water partition coefficient (Wildman–Crippen LogP) is 3.81. The Labute approximate surface area is 182 Å². The van der Waals surface area contributed by atoms with Gasteiger partial charge < -0.3 is 20.2 Å². The zero-order valence-electron chi connectivity index (χ0n) is 18.4. The predicted molar refractivity (Wildman–Crippen MR) is 124 cm³/mol. The third-order valence-corrected chi connectivity index (χ3v) is 5.21. The van der Waals surface area contributed by atoms with Crippen LogP contribution in [-0.2, 0) is 0 Å². The summed E-state index contributed by atoms with van der Waals surface area (Å²) in [5, 5.41) is 6.73. The summed E-state index contributed by atoms with van der Waals surface area (Å²) in [5.74, 6) is 1.38. The molecule has 0 atom stereocenters. The molecule has 1 aromatic carbocycles. The average molecular weight is 420 g/mol. The van der Waals surface area contributed by atoms with Crippen molar-refractivity contribution < 1.29 is 0 Å². The summed E-state index contributed by atoms with van der Waals surface area (Å²) in [6, 6.07) is 9.04. The van der Waals surface area contributed by atoms with Gasteiger partial charge in [-0.05, 0) is 52.0 Å². The van der Waals surface area contributed by atoms with Crippen molar-refractivity contribution in [2.24, 2.45) is 0 Å². The molecule has 9 heteroatoms. The van der Waals surface area contributed by atoms with Crippen molar-refractivity contribution in [2.75, 3.05) is 23.7 Å². The maximum absolute atomic E-state index is 4.56. The number of rotatable bonds is 9. The van der Waals surface area contributed by atoms with Crippen molar-refractivity contribution in [2.45, 2.75) is 39.8 Å². The Hall–Kier alpha value is -3.46. The quantitative estimate of drug-likeness (QED) is 0.379. The van der Waals surface area contributed by atoms with Crippen LogP contribution in [-0.4, -0.2) is 59.6 Å². The van der Waals surface area contributed by atoms with Crippen molar-refractivity contribution in [1.82, 2.24) is 34.4 Å². The molecular weight excluding hydrogens is 390 g/mol. The van der Waals surface area contributed by atoms with E-state index in [4.69, 9.17) is 0 Å². The van der Waals surface area contributed by atoms with Crippen molar-refractivity contribution >= 4 is 28.6 Å². The summed E-state index contributed by atoms with van der Waals surface area (Å²) in [6.07, 6.45) is 6.99. The molecule has 0 amide bonds. The summed E-state index contributed by atoms with van der Waals surface area (Å²) < 4.78 is 1.96. The molecule has 162 valence electrons. The van der Waals surface area contributed by atoms with E-state index in [0.29, 0.717) is 23.7 Å². The van der Waals surface area contributed by atoms with Crippen molar-refractivity contribution in [3.05, 3.63) is 49.3 Å². The minimum Gasteiger partial charge on any atom is -0.367 e. The summed E-state index contributed by atoms with van der Waals surface area (Å²) in [4.78, 5) is 23.1. The van der Waals surface area contributed by atoms with Gasteiger partial charge in [-0.15, -0.1) is 0 Å². The number of hydrogen-bond donors (Lipinski definition) is 3. The number of aromatic amines is 1. The molecule has 3 aromatic heterocycles. The first-order valence-electron chi connectivity index (χ1n) is 10.6. The second-order valence-electron chi connectivity index (χ2n) is 8.00. The third kappa shape index (κ3) is 4.83.